The molecule has 0 saturated carbocycles. The highest BCUT2D eigenvalue weighted by Gasteiger charge is 2.18. The molecule has 134 valence electrons. The van der Waals surface area contributed by atoms with E-state index in [0.29, 0.717) is 18.7 Å². The largest absolute Gasteiger partial charge is 0.355 e. The molecule has 0 atom stereocenters. The zero-order valence-electron chi connectivity index (χ0n) is 14.6. The maximum atomic E-state index is 12.2. The summed E-state index contributed by atoms with van der Waals surface area (Å²) in [5, 5.41) is 6.67. The normalized spacial score (nSPS) is 13.6. The highest BCUT2D eigenvalue weighted by Crippen LogP contribution is 2.18. The van der Waals surface area contributed by atoms with Crippen LogP contribution in [0.15, 0.2) is 53.8 Å². The van der Waals surface area contributed by atoms with Crippen LogP contribution in [-0.4, -0.2) is 29.6 Å². The Morgan fingerprint density at radius 3 is 2.73 bits per heavy atom. The standard InChI is InChI=1S/C19H21N5O2/c1-24(13-14-6-3-2-4-7-14)18-15(8-5-11-20-18)12-21-19(26)16-9-10-17(25)23-22-16/h2-8,11H,9-10,12-13H2,1H3,(H,21,26)(H,23,25). The Labute approximate surface area is 152 Å². The van der Waals surface area contributed by atoms with Gasteiger partial charge in [-0.05, 0) is 11.6 Å². The number of nitrogens with one attached hydrogen (secondary N) is 2. The third-order valence-corrected chi connectivity index (χ3v) is 4.10. The molecular formula is C19H21N5O2. The van der Waals surface area contributed by atoms with Gasteiger partial charge in [0.1, 0.15) is 11.5 Å². The van der Waals surface area contributed by atoms with Crippen molar-refractivity contribution in [2.45, 2.75) is 25.9 Å². The summed E-state index contributed by atoms with van der Waals surface area (Å²) in [7, 11) is 1.97. The SMILES string of the molecule is CN(Cc1ccccc1)c1ncccc1CNC(=O)C1=NNC(=O)CC1. The first-order chi connectivity index (χ1) is 12.6. The van der Waals surface area contributed by atoms with Crippen LogP contribution >= 0.6 is 0 Å². The molecule has 3 rings (SSSR count). The van der Waals surface area contributed by atoms with Crippen molar-refractivity contribution in [1.29, 1.82) is 0 Å². The third-order valence-electron chi connectivity index (χ3n) is 4.10. The fourth-order valence-electron chi connectivity index (χ4n) is 2.76. The molecule has 7 nitrogen and oxygen atoms in total. The molecule has 0 spiro atoms. The molecule has 1 aliphatic heterocycles. The van der Waals surface area contributed by atoms with Gasteiger partial charge in [-0.15, -0.1) is 0 Å². The van der Waals surface area contributed by atoms with Crippen LogP contribution in [0.4, 0.5) is 5.82 Å². The maximum absolute atomic E-state index is 12.2. The molecule has 26 heavy (non-hydrogen) atoms. The van der Waals surface area contributed by atoms with E-state index >= 15 is 0 Å². The minimum atomic E-state index is -0.273. The lowest BCUT2D eigenvalue weighted by Crippen LogP contribution is -2.36. The molecule has 2 N–H and O–H groups in total. The van der Waals surface area contributed by atoms with Crippen LogP contribution in [0.3, 0.4) is 0 Å². The molecule has 1 aromatic heterocycles. The van der Waals surface area contributed by atoms with E-state index in [9.17, 15) is 9.59 Å². The first-order valence-electron chi connectivity index (χ1n) is 8.46. The molecule has 7 heteroatoms. The molecule has 0 unspecified atom stereocenters. The van der Waals surface area contributed by atoms with Crippen LogP contribution < -0.4 is 15.6 Å². The second-order valence-corrected chi connectivity index (χ2v) is 6.10. The number of pyridine rings is 1. The van der Waals surface area contributed by atoms with E-state index in [1.807, 2.05) is 37.4 Å². The zero-order valence-corrected chi connectivity index (χ0v) is 14.6. The molecule has 0 aliphatic carbocycles. The number of hydrogen-bond acceptors (Lipinski definition) is 5. The Kier molecular flexibility index (Phi) is 5.58. The Morgan fingerprint density at radius 1 is 1.19 bits per heavy atom. The number of amides is 2. The highest BCUT2D eigenvalue weighted by atomic mass is 16.2. The van der Waals surface area contributed by atoms with Gasteiger partial charge in [-0.3, -0.25) is 9.59 Å². The predicted molar refractivity (Wildman–Crippen MR) is 99.4 cm³/mol. The van der Waals surface area contributed by atoms with Crippen molar-refractivity contribution in [1.82, 2.24) is 15.7 Å². The second-order valence-electron chi connectivity index (χ2n) is 6.10. The number of benzene rings is 1. The van der Waals surface area contributed by atoms with Crippen molar-refractivity contribution in [3.8, 4) is 0 Å². The topological polar surface area (TPSA) is 86.7 Å². The molecule has 0 fully saturated rings. The molecule has 0 radical (unpaired) electrons. The molecule has 0 bridgehead atoms. The van der Waals surface area contributed by atoms with Crippen molar-refractivity contribution in [3.63, 3.8) is 0 Å². The van der Waals surface area contributed by atoms with Gasteiger partial charge in [0.25, 0.3) is 5.91 Å². The number of nitrogens with zero attached hydrogens (tertiary/aromatic N) is 3. The van der Waals surface area contributed by atoms with E-state index in [2.05, 4.69) is 37.9 Å². The summed E-state index contributed by atoms with van der Waals surface area (Å²) >= 11 is 0. The lowest BCUT2D eigenvalue weighted by molar-refractivity contribution is -0.121. The van der Waals surface area contributed by atoms with Crippen molar-refractivity contribution < 1.29 is 9.59 Å². The average Bonchev–Trinajstić information content (AvgIpc) is 2.67. The summed E-state index contributed by atoms with van der Waals surface area (Å²) in [6, 6.07) is 13.9. The zero-order chi connectivity index (χ0) is 18.4. The number of aromatic nitrogens is 1. The fraction of sp³-hybridized carbons (Fsp3) is 0.263. The molecular weight excluding hydrogens is 330 g/mol. The van der Waals surface area contributed by atoms with Crippen molar-refractivity contribution in [3.05, 3.63) is 59.8 Å². The number of hydrazone groups is 1. The van der Waals surface area contributed by atoms with Gasteiger partial charge in [0, 0.05) is 44.7 Å². The van der Waals surface area contributed by atoms with E-state index in [-0.39, 0.29) is 18.2 Å². The Morgan fingerprint density at radius 2 is 2.00 bits per heavy atom. The number of carbonyl (C=O) groups is 2. The van der Waals surface area contributed by atoms with Gasteiger partial charge in [0.15, 0.2) is 0 Å². The van der Waals surface area contributed by atoms with E-state index in [1.165, 1.54) is 5.56 Å². The fourth-order valence-corrected chi connectivity index (χ4v) is 2.76. The highest BCUT2D eigenvalue weighted by molar-refractivity contribution is 6.39. The van der Waals surface area contributed by atoms with Crippen LogP contribution in [0, 0.1) is 0 Å². The minimum Gasteiger partial charge on any atom is -0.355 e. The molecule has 2 heterocycles. The summed E-state index contributed by atoms with van der Waals surface area (Å²) in [6.07, 6.45) is 2.37. The molecule has 1 aliphatic rings. The van der Waals surface area contributed by atoms with Gasteiger partial charge >= 0.3 is 0 Å². The van der Waals surface area contributed by atoms with Crippen LogP contribution in [-0.2, 0) is 22.7 Å². The number of anilines is 1. The first kappa shape index (κ1) is 17.6. The van der Waals surface area contributed by atoms with Gasteiger partial charge in [-0.25, -0.2) is 10.4 Å². The van der Waals surface area contributed by atoms with E-state index < -0.39 is 0 Å². The lowest BCUT2D eigenvalue weighted by Gasteiger charge is -2.21. The average molecular weight is 351 g/mol. The molecule has 2 amide bonds. The van der Waals surface area contributed by atoms with Gasteiger partial charge in [0.2, 0.25) is 5.91 Å². The summed E-state index contributed by atoms with van der Waals surface area (Å²) < 4.78 is 0. The van der Waals surface area contributed by atoms with Gasteiger partial charge < -0.3 is 10.2 Å². The quantitative estimate of drug-likeness (QED) is 0.828. The first-order valence-corrected chi connectivity index (χ1v) is 8.46. The van der Waals surface area contributed by atoms with Gasteiger partial charge in [-0.2, -0.15) is 5.10 Å². The Bertz CT molecular complexity index is 820. The smallest absolute Gasteiger partial charge is 0.267 e. The second kappa shape index (κ2) is 8.24. The number of hydrogen-bond donors (Lipinski definition) is 2. The minimum absolute atomic E-state index is 0.168. The Balaban J connectivity index is 1.65. The van der Waals surface area contributed by atoms with E-state index in [0.717, 1.165) is 17.9 Å². The van der Waals surface area contributed by atoms with Crippen LogP contribution in [0.5, 0.6) is 0 Å². The Hall–Kier alpha value is -3.22. The number of carbonyl (C=O) groups excluding carboxylic acids is 2. The van der Waals surface area contributed by atoms with Crippen molar-refractivity contribution >= 4 is 23.3 Å². The van der Waals surface area contributed by atoms with Crippen molar-refractivity contribution in [2.75, 3.05) is 11.9 Å². The van der Waals surface area contributed by atoms with Gasteiger partial charge in [-0.1, -0.05) is 36.4 Å². The summed E-state index contributed by atoms with van der Waals surface area (Å²) in [6.45, 7) is 1.06. The van der Waals surface area contributed by atoms with Crippen LogP contribution in [0.25, 0.3) is 0 Å². The maximum Gasteiger partial charge on any atom is 0.267 e. The summed E-state index contributed by atoms with van der Waals surface area (Å²) in [5.74, 6) is 0.375. The van der Waals surface area contributed by atoms with Crippen molar-refractivity contribution in [2.24, 2.45) is 5.10 Å². The molecule has 1 aromatic carbocycles. The van der Waals surface area contributed by atoms with E-state index in [4.69, 9.17) is 0 Å². The van der Waals surface area contributed by atoms with Crippen LogP contribution in [0.1, 0.15) is 24.0 Å². The molecule has 2 aromatic rings. The monoisotopic (exact) mass is 351 g/mol. The van der Waals surface area contributed by atoms with Crippen LogP contribution in [0.2, 0.25) is 0 Å². The van der Waals surface area contributed by atoms with Gasteiger partial charge in [0.05, 0.1) is 0 Å². The summed E-state index contributed by atoms with van der Waals surface area (Å²) in [4.78, 5) is 29.9. The third kappa shape index (κ3) is 4.44. The predicted octanol–water partition coefficient (Wildman–Crippen LogP) is 1.60. The molecule has 0 saturated heterocycles. The number of rotatable bonds is 6. The lowest BCUT2D eigenvalue weighted by atomic mass is 10.1. The van der Waals surface area contributed by atoms with E-state index in [1.54, 1.807) is 6.20 Å². The summed E-state index contributed by atoms with van der Waals surface area (Å²) in [5.41, 5.74) is 4.78.